The second-order valence-corrected chi connectivity index (χ2v) is 1.94. The van der Waals surface area contributed by atoms with E-state index in [9.17, 15) is 4.79 Å². The molecule has 0 atom stereocenters. The minimum Gasteiger partial charge on any atom is -0.252 e. The zero-order valence-corrected chi connectivity index (χ0v) is 6.90. The lowest BCUT2D eigenvalue weighted by Crippen LogP contribution is -2.49. The van der Waals surface area contributed by atoms with Gasteiger partial charge >= 0.3 is 5.37 Å². The fourth-order valence-electron chi connectivity index (χ4n) is 0.496. The first-order valence-electron chi connectivity index (χ1n) is 3.19. The van der Waals surface area contributed by atoms with E-state index in [-0.39, 0.29) is 0 Å². The van der Waals surface area contributed by atoms with Crippen molar-refractivity contribution in [2.75, 3.05) is 13.1 Å². The summed E-state index contributed by atoms with van der Waals surface area (Å²) in [5, 5.41) is 0.602. The first-order chi connectivity index (χ1) is 4.72. The molecule has 60 valence electrons. The van der Waals surface area contributed by atoms with Gasteiger partial charge in [-0.2, -0.15) is 5.12 Å². The Labute approximate surface area is 65.5 Å². The fraction of sp³-hybridized carbons (Fsp3) is 0.800. The lowest BCUT2D eigenvalue weighted by Gasteiger charge is -2.18. The molecule has 0 rings (SSSR count). The van der Waals surface area contributed by atoms with E-state index >= 15 is 0 Å². The first kappa shape index (κ1) is 9.68. The second kappa shape index (κ2) is 5.46. The van der Waals surface area contributed by atoms with Crippen LogP contribution < -0.4 is 10.9 Å². The quantitative estimate of drug-likeness (QED) is 0.366. The first-order valence-corrected chi connectivity index (χ1v) is 3.56. The molecule has 10 heavy (non-hydrogen) atoms. The van der Waals surface area contributed by atoms with E-state index in [4.69, 9.17) is 11.6 Å². The summed E-state index contributed by atoms with van der Waals surface area (Å²) < 4.78 is 0. The maximum Gasteiger partial charge on any atom is 0.345 e. The SMILES string of the molecule is CCNN(NCC)C(=O)Cl. The van der Waals surface area contributed by atoms with Crippen LogP contribution in [0.5, 0.6) is 0 Å². The van der Waals surface area contributed by atoms with Gasteiger partial charge in [0.25, 0.3) is 0 Å². The van der Waals surface area contributed by atoms with Crippen molar-refractivity contribution in [1.29, 1.82) is 0 Å². The molecule has 0 aliphatic carbocycles. The Morgan fingerprint density at radius 2 is 1.80 bits per heavy atom. The second-order valence-electron chi connectivity index (χ2n) is 1.61. The summed E-state index contributed by atoms with van der Waals surface area (Å²) in [7, 11) is 0. The summed E-state index contributed by atoms with van der Waals surface area (Å²) in [5.74, 6) is 0. The third-order valence-corrected chi connectivity index (χ3v) is 0.977. The Morgan fingerprint density at radius 1 is 1.40 bits per heavy atom. The molecular weight excluding hydrogens is 154 g/mol. The number of amides is 1. The van der Waals surface area contributed by atoms with E-state index in [2.05, 4.69) is 10.9 Å². The van der Waals surface area contributed by atoms with Crippen LogP contribution in [-0.4, -0.2) is 23.6 Å². The molecule has 2 N–H and O–H groups in total. The smallest absolute Gasteiger partial charge is 0.252 e. The zero-order chi connectivity index (χ0) is 7.98. The van der Waals surface area contributed by atoms with Crippen LogP contribution in [0.3, 0.4) is 0 Å². The molecule has 0 aromatic carbocycles. The third kappa shape index (κ3) is 3.66. The number of nitrogens with one attached hydrogen (secondary N) is 2. The van der Waals surface area contributed by atoms with Gasteiger partial charge in [-0.3, -0.25) is 4.79 Å². The number of nitrogens with zero attached hydrogens (tertiary/aromatic N) is 1. The van der Waals surface area contributed by atoms with Gasteiger partial charge in [0.05, 0.1) is 0 Å². The van der Waals surface area contributed by atoms with Gasteiger partial charge in [-0.25, -0.2) is 10.9 Å². The van der Waals surface area contributed by atoms with Gasteiger partial charge in [0.1, 0.15) is 0 Å². The number of carbonyl (C=O) groups is 1. The van der Waals surface area contributed by atoms with Crippen LogP contribution in [0.25, 0.3) is 0 Å². The van der Waals surface area contributed by atoms with Crippen LogP contribution in [0.4, 0.5) is 4.79 Å². The van der Waals surface area contributed by atoms with Crippen molar-refractivity contribution in [3.63, 3.8) is 0 Å². The highest BCUT2D eigenvalue weighted by Crippen LogP contribution is 1.86. The number of hydrogen-bond acceptors (Lipinski definition) is 3. The summed E-state index contributed by atoms with van der Waals surface area (Å²) in [6.45, 7) is 5.07. The standard InChI is InChI=1S/C5H12ClN3O/c1-3-7-9(5(6)10)8-4-2/h7-8H,3-4H2,1-2H3. The lowest BCUT2D eigenvalue weighted by atomic mass is 10.8. The largest absolute Gasteiger partial charge is 0.345 e. The maximum absolute atomic E-state index is 10.5. The molecule has 1 amide bonds. The molecule has 0 heterocycles. The van der Waals surface area contributed by atoms with Crippen molar-refractivity contribution in [3.05, 3.63) is 0 Å². The molecule has 0 spiro atoms. The molecule has 0 fully saturated rings. The maximum atomic E-state index is 10.5. The average Bonchev–Trinajstić information content (AvgIpc) is 1.87. The molecule has 0 aliphatic heterocycles. The van der Waals surface area contributed by atoms with Gasteiger partial charge in [-0.05, 0) is 11.6 Å². The van der Waals surface area contributed by atoms with Crippen LogP contribution >= 0.6 is 11.6 Å². The van der Waals surface area contributed by atoms with Crippen LogP contribution in [0.2, 0.25) is 0 Å². The van der Waals surface area contributed by atoms with E-state index < -0.39 is 5.37 Å². The normalized spacial score (nSPS) is 9.50. The van der Waals surface area contributed by atoms with Crippen molar-refractivity contribution in [2.45, 2.75) is 13.8 Å². The topological polar surface area (TPSA) is 44.4 Å². The monoisotopic (exact) mass is 165 g/mol. The number of hydrogen-bond donors (Lipinski definition) is 2. The van der Waals surface area contributed by atoms with E-state index in [0.29, 0.717) is 13.1 Å². The minimum atomic E-state index is -0.552. The molecule has 0 saturated carbocycles. The van der Waals surface area contributed by atoms with E-state index in [1.807, 2.05) is 13.8 Å². The van der Waals surface area contributed by atoms with Gasteiger partial charge in [-0.15, -0.1) is 0 Å². The number of halogens is 1. The summed E-state index contributed by atoms with van der Waals surface area (Å²) in [6.07, 6.45) is 0. The summed E-state index contributed by atoms with van der Waals surface area (Å²) in [4.78, 5) is 10.5. The van der Waals surface area contributed by atoms with Crippen LogP contribution in [0, 0.1) is 0 Å². The van der Waals surface area contributed by atoms with Gasteiger partial charge in [0, 0.05) is 13.1 Å². The molecule has 0 radical (unpaired) electrons. The predicted molar refractivity (Wildman–Crippen MR) is 40.4 cm³/mol. The molecule has 0 saturated heterocycles. The number of carbonyl (C=O) groups excluding carboxylic acids is 1. The average molecular weight is 166 g/mol. The van der Waals surface area contributed by atoms with Gasteiger partial charge in [0.15, 0.2) is 0 Å². The Bertz CT molecular complexity index is 103. The number of hydrazine groups is 2. The summed E-state index contributed by atoms with van der Waals surface area (Å²) >= 11 is 5.16. The van der Waals surface area contributed by atoms with Gasteiger partial charge < -0.3 is 0 Å². The third-order valence-electron chi connectivity index (χ3n) is 0.808. The van der Waals surface area contributed by atoms with Gasteiger partial charge in [0.2, 0.25) is 0 Å². The van der Waals surface area contributed by atoms with Crippen molar-refractivity contribution in [1.82, 2.24) is 16.0 Å². The van der Waals surface area contributed by atoms with Crippen molar-refractivity contribution in [3.8, 4) is 0 Å². The van der Waals surface area contributed by atoms with Crippen molar-refractivity contribution >= 4 is 17.0 Å². The highest BCUT2D eigenvalue weighted by molar-refractivity contribution is 6.62. The molecule has 5 heteroatoms. The lowest BCUT2D eigenvalue weighted by molar-refractivity contribution is 0.157. The molecule has 0 aromatic heterocycles. The highest BCUT2D eigenvalue weighted by Gasteiger charge is 2.05. The Morgan fingerprint density at radius 3 is 2.00 bits per heavy atom. The zero-order valence-electron chi connectivity index (χ0n) is 6.15. The fourth-order valence-corrected chi connectivity index (χ4v) is 0.616. The highest BCUT2D eigenvalue weighted by atomic mass is 35.5. The van der Waals surface area contributed by atoms with Crippen LogP contribution in [0.1, 0.15) is 13.8 Å². The number of rotatable bonds is 4. The molecule has 0 bridgehead atoms. The Balaban J connectivity index is 3.61. The van der Waals surface area contributed by atoms with E-state index in [1.165, 1.54) is 0 Å². The molecule has 0 unspecified atom stereocenters. The van der Waals surface area contributed by atoms with Gasteiger partial charge in [-0.1, -0.05) is 13.8 Å². The van der Waals surface area contributed by atoms with E-state index in [1.54, 1.807) is 0 Å². The molecule has 0 aromatic rings. The summed E-state index contributed by atoms with van der Waals surface area (Å²) in [6, 6.07) is 0. The summed E-state index contributed by atoms with van der Waals surface area (Å²) in [5.41, 5.74) is 5.45. The Hall–Kier alpha value is -0.320. The predicted octanol–water partition coefficient (Wildman–Crippen LogP) is 0.696. The molecule has 0 aliphatic rings. The Kier molecular flexibility index (Phi) is 5.29. The van der Waals surface area contributed by atoms with E-state index in [0.717, 1.165) is 5.12 Å². The van der Waals surface area contributed by atoms with Crippen LogP contribution in [-0.2, 0) is 0 Å². The van der Waals surface area contributed by atoms with Crippen molar-refractivity contribution in [2.24, 2.45) is 0 Å². The van der Waals surface area contributed by atoms with Crippen molar-refractivity contribution < 1.29 is 4.79 Å². The van der Waals surface area contributed by atoms with Crippen LogP contribution in [0.15, 0.2) is 0 Å². The molecule has 4 nitrogen and oxygen atoms in total. The molecular formula is C5H12ClN3O. The minimum absolute atomic E-state index is 0.552.